The van der Waals surface area contributed by atoms with E-state index in [9.17, 15) is 32.7 Å². The Balaban J connectivity index is 1.49. The highest BCUT2D eigenvalue weighted by Crippen LogP contribution is 2.52. The Morgan fingerprint density at radius 3 is 2.44 bits per heavy atom. The molecule has 5 rings (SSSR count). The lowest BCUT2D eigenvalue weighted by Gasteiger charge is -2.31. The van der Waals surface area contributed by atoms with Crippen LogP contribution in [0.2, 0.25) is 0 Å². The molecular weight excluding hydrogens is 528 g/mol. The zero-order chi connectivity index (χ0) is 25.8. The fourth-order valence-corrected chi connectivity index (χ4v) is 7.58. The summed E-state index contributed by atoms with van der Waals surface area (Å²) >= 11 is 1.90. The number of carbonyl (C=O) groups is 3. The number of para-hydroxylation sites is 1. The van der Waals surface area contributed by atoms with Crippen LogP contribution in [-0.2, 0) is 31.0 Å². The van der Waals surface area contributed by atoms with Crippen molar-refractivity contribution < 1.29 is 27.9 Å². The number of nitrogens with zero attached hydrogens (tertiary/aromatic N) is 1. The highest BCUT2D eigenvalue weighted by atomic mass is 32.2. The number of sulfonamides is 1. The normalized spacial score (nSPS) is 21.0. The third-order valence-corrected chi connectivity index (χ3v) is 9.47. The van der Waals surface area contributed by atoms with Gasteiger partial charge in [0.15, 0.2) is 0 Å². The maximum atomic E-state index is 13.0. The number of anilines is 1. The molecule has 3 aromatic rings. The molecule has 186 valence electrons. The van der Waals surface area contributed by atoms with Crippen LogP contribution in [0.5, 0.6) is 5.75 Å². The van der Waals surface area contributed by atoms with E-state index in [1.807, 2.05) is 0 Å². The van der Waals surface area contributed by atoms with Crippen LogP contribution in [0.15, 0.2) is 63.2 Å². The highest BCUT2D eigenvalue weighted by Gasteiger charge is 2.53. The van der Waals surface area contributed by atoms with Gasteiger partial charge in [0.2, 0.25) is 27.7 Å². The van der Waals surface area contributed by atoms with Gasteiger partial charge in [0, 0.05) is 22.0 Å². The van der Waals surface area contributed by atoms with Crippen molar-refractivity contribution >= 4 is 56.5 Å². The zero-order valence-corrected chi connectivity index (χ0v) is 20.7. The Morgan fingerprint density at radius 2 is 1.78 bits per heavy atom. The van der Waals surface area contributed by atoms with Gasteiger partial charge in [0.05, 0.1) is 15.8 Å². The van der Waals surface area contributed by atoms with Crippen molar-refractivity contribution in [3.63, 3.8) is 0 Å². The van der Waals surface area contributed by atoms with Crippen molar-refractivity contribution in [1.82, 2.24) is 9.88 Å². The van der Waals surface area contributed by atoms with E-state index < -0.39 is 49.7 Å². The number of phenolic OH excluding ortho intramolecular Hbond substituents is 1. The summed E-state index contributed by atoms with van der Waals surface area (Å²) in [5.41, 5.74) is 0.705. The lowest BCUT2D eigenvalue weighted by Crippen LogP contribution is -2.32. The van der Waals surface area contributed by atoms with Crippen LogP contribution in [-0.4, -0.2) is 41.1 Å². The Kier molecular flexibility index (Phi) is 5.98. The first-order valence-electron chi connectivity index (χ1n) is 10.5. The quantitative estimate of drug-likeness (QED) is 0.339. The fourth-order valence-electron chi connectivity index (χ4n) is 4.33. The molecule has 1 saturated heterocycles. The number of amides is 3. The first kappa shape index (κ1) is 24.2. The molecule has 2 aliphatic rings. The average molecular weight is 547 g/mol. The van der Waals surface area contributed by atoms with Gasteiger partial charge in [-0.3, -0.25) is 29.1 Å². The van der Waals surface area contributed by atoms with E-state index in [1.54, 1.807) is 18.2 Å². The SMILES string of the molecule is NS(=O)(=O)c1ccc(NC(=O)Cn2c3c(sc2=O)C(c2ccccc2O)C2C(=O)NC(=O)C2S3)cc1. The summed E-state index contributed by atoms with van der Waals surface area (Å²) in [5, 5.41) is 20.1. The maximum absolute atomic E-state index is 13.0. The predicted molar refractivity (Wildman–Crippen MR) is 131 cm³/mol. The van der Waals surface area contributed by atoms with Gasteiger partial charge in [-0.05, 0) is 30.3 Å². The van der Waals surface area contributed by atoms with Gasteiger partial charge in [-0.15, -0.1) is 0 Å². The summed E-state index contributed by atoms with van der Waals surface area (Å²) < 4.78 is 24.1. The third-order valence-electron chi connectivity index (χ3n) is 5.93. The molecule has 0 bridgehead atoms. The summed E-state index contributed by atoms with van der Waals surface area (Å²) in [6.07, 6.45) is 0. The monoisotopic (exact) mass is 546 g/mol. The number of phenols is 1. The molecule has 2 aliphatic heterocycles. The van der Waals surface area contributed by atoms with Crippen LogP contribution in [0.1, 0.15) is 16.4 Å². The smallest absolute Gasteiger partial charge is 0.308 e. The molecule has 0 aliphatic carbocycles. The summed E-state index contributed by atoms with van der Waals surface area (Å²) in [6.45, 7) is -0.380. The molecule has 3 heterocycles. The molecule has 1 fully saturated rings. The van der Waals surface area contributed by atoms with Crippen molar-refractivity contribution in [2.45, 2.75) is 27.6 Å². The second-order valence-corrected chi connectivity index (χ2v) is 11.9. The molecule has 0 spiro atoms. The molecule has 0 radical (unpaired) electrons. The molecule has 2 aromatic carbocycles. The number of nitrogens with two attached hydrogens (primary N) is 1. The number of imide groups is 1. The van der Waals surface area contributed by atoms with Gasteiger partial charge in [0.25, 0.3) is 0 Å². The first-order chi connectivity index (χ1) is 17.0. The maximum Gasteiger partial charge on any atom is 0.308 e. The number of aromatic nitrogens is 1. The lowest BCUT2D eigenvalue weighted by molar-refractivity contribution is -0.126. The number of fused-ring (bicyclic) bond motifs is 2. The van der Waals surface area contributed by atoms with Gasteiger partial charge in [-0.25, -0.2) is 13.6 Å². The Morgan fingerprint density at radius 1 is 1.08 bits per heavy atom. The van der Waals surface area contributed by atoms with Gasteiger partial charge < -0.3 is 10.4 Å². The van der Waals surface area contributed by atoms with Gasteiger partial charge in [-0.1, -0.05) is 41.3 Å². The van der Waals surface area contributed by atoms with Crippen molar-refractivity contribution in [3.05, 3.63) is 68.6 Å². The second-order valence-electron chi connectivity index (χ2n) is 8.20. The van der Waals surface area contributed by atoms with Crippen molar-refractivity contribution in [2.75, 3.05) is 5.32 Å². The van der Waals surface area contributed by atoms with E-state index in [1.165, 1.54) is 34.9 Å². The Hall–Kier alpha value is -3.46. The average Bonchev–Trinajstić information content (AvgIpc) is 3.27. The molecule has 3 unspecified atom stereocenters. The number of hydrogen-bond donors (Lipinski definition) is 4. The zero-order valence-electron chi connectivity index (χ0n) is 18.2. The molecule has 14 heteroatoms. The van der Waals surface area contributed by atoms with Crippen LogP contribution in [0, 0.1) is 5.92 Å². The van der Waals surface area contributed by atoms with Crippen molar-refractivity contribution in [1.29, 1.82) is 0 Å². The number of primary sulfonamides is 1. The molecule has 3 atom stereocenters. The number of aromatic hydroxyl groups is 1. The summed E-state index contributed by atoms with van der Waals surface area (Å²) in [5.74, 6) is -3.17. The number of hydrogen-bond acceptors (Lipinski definition) is 9. The van der Waals surface area contributed by atoms with E-state index in [2.05, 4.69) is 10.6 Å². The van der Waals surface area contributed by atoms with Crippen molar-refractivity contribution in [2.24, 2.45) is 11.1 Å². The number of thioether (sulfide) groups is 1. The van der Waals surface area contributed by atoms with Gasteiger partial charge in [0.1, 0.15) is 17.5 Å². The number of nitrogens with one attached hydrogen (secondary N) is 2. The molecule has 5 N–H and O–H groups in total. The van der Waals surface area contributed by atoms with E-state index in [0.717, 1.165) is 23.1 Å². The minimum absolute atomic E-state index is 0.0701. The summed E-state index contributed by atoms with van der Waals surface area (Å²) in [4.78, 5) is 50.8. The van der Waals surface area contributed by atoms with Crippen LogP contribution in [0.25, 0.3) is 0 Å². The molecule has 3 amide bonds. The molecule has 0 saturated carbocycles. The number of thiazole rings is 1. The minimum atomic E-state index is -3.89. The van der Waals surface area contributed by atoms with Crippen molar-refractivity contribution in [3.8, 4) is 5.75 Å². The Bertz CT molecular complexity index is 1580. The molecule has 1 aromatic heterocycles. The number of rotatable bonds is 5. The number of carbonyl (C=O) groups excluding carboxylic acids is 3. The molecule has 36 heavy (non-hydrogen) atoms. The number of benzene rings is 2. The van der Waals surface area contributed by atoms with Crippen LogP contribution < -0.4 is 20.6 Å². The molecule has 11 nitrogen and oxygen atoms in total. The summed E-state index contributed by atoms with van der Waals surface area (Å²) in [6, 6.07) is 11.6. The second kappa shape index (κ2) is 8.89. The Labute approximate surface area is 212 Å². The highest BCUT2D eigenvalue weighted by molar-refractivity contribution is 8.00. The van der Waals surface area contributed by atoms with Crippen LogP contribution in [0.3, 0.4) is 0 Å². The standard InChI is InChI=1S/C22H18N4O7S3/c23-36(32,33)11-7-5-10(6-8-11)24-14(28)9-26-21-18(35-22(26)31)15(12-3-1-2-4-13(12)27)16-17(34-21)20(30)25-19(16)29/h1-8,15-17,27H,9H2,(H,24,28)(H2,23,32,33)(H,25,29,30). The largest absolute Gasteiger partial charge is 0.508 e. The van der Waals surface area contributed by atoms with E-state index in [-0.39, 0.29) is 17.2 Å². The first-order valence-corrected chi connectivity index (χ1v) is 13.7. The fraction of sp³-hybridized carbons (Fsp3) is 0.182. The predicted octanol–water partition coefficient (Wildman–Crippen LogP) is 0.780. The lowest BCUT2D eigenvalue weighted by atomic mass is 9.82. The third kappa shape index (κ3) is 4.21. The topological polar surface area (TPSA) is 178 Å². The minimum Gasteiger partial charge on any atom is -0.508 e. The van der Waals surface area contributed by atoms with E-state index in [0.29, 0.717) is 21.2 Å². The summed E-state index contributed by atoms with van der Waals surface area (Å²) in [7, 11) is -3.89. The van der Waals surface area contributed by atoms with Gasteiger partial charge in [-0.2, -0.15) is 0 Å². The van der Waals surface area contributed by atoms with E-state index in [4.69, 9.17) is 5.14 Å². The van der Waals surface area contributed by atoms with Crippen LogP contribution in [0.4, 0.5) is 5.69 Å². The molecular formula is C22H18N4O7S3. The van der Waals surface area contributed by atoms with E-state index >= 15 is 0 Å². The van der Waals surface area contributed by atoms with Crippen LogP contribution >= 0.6 is 23.1 Å². The van der Waals surface area contributed by atoms with Gasteiger partial charge >= 0.3 is 4.87 Å².